The molecular formula is C45H49BN4O5. The van der Waals surface area contributed by atoms with Gasteiger partial charge in [-0.15, -0.1) is 0 Å². The molecule has 0 atom stereocenters. The SMILES string of the molecule is COc1cc(C2CCN(c3cccc4c(-c5ccc(OCc6ccccc6)nc5OCc5ccccc5)nn(C)c34)CC2)ccc1B1OC(C)(C)C(C)(C)O1. The molecule has 0 bridgehead atoms. The lowest BCUT2D eigenvalue weighted by Gasteiger charge is -2.34. The van der Waals surface area contributed by atoms with E-state index in [1.807, 2.05) is 84.5 Å². The van der Waals surface area contributed by atoms with Crippen molar-refractivity contribution in [3.63, 3.8) is 0 Å². The summed E-state index contributed by atoms with van der Waals surface area (Å²) in [6.45, 7) is 10.9. The van der Waals surface area contributed by atoms with Gasteiger partial charge in [0, 0.05) is 37.1 Å². The zero-order valence-corrected chi connectivity index (χ0v) is 32.6. The van der Waals surface area contributed by atoms with Gasteiger partial charge >= 0.3 is 7.12 Å². The Morgan fingerprint density at radius 1 is 0.764 bits per heavy atom. The third-order valence-electron chi connectivity index (χ3n) is 11.5. The highest BCUT2D eigenvalue weighted by atomic mass is 16.7. The minimum absolute atomic E-state index is 0.376. The lowest BCUT2D eigenvalue weighted by molar-refractivity contribution is 0.00578. The monoisotopic (exact) mass is 736 g/mol. The number of piperidine rings is 1. The molecule has 4 heterocycles. The van der Waals surface area contributed by atoms with Crippen LogP contribution in [0.25, 0.3) is 22.2 Å². The van der Waals surface area contributed by atoms with Crippen LogP contribution in [0.2, 0.25) is 0 Å². The second kappa shape index (κ2) is 15.1. The molecule has 4 aromatic carbocycles. The summed E-state index contributed by atoms with van der Waals surface area (Å²) in [6, 6.07) is 37.1. The average Bonchev–Trinajstić information content (AvgIpc) is 3.66. The number of hydrogen-bond acceptors (Lipinski definition) is 8. The Hall–Kier alpha value is -5.32. The van der Waals surface area contributed by atoms with Gasteiger partial charge < -0.3 is 28.4 Å². The van der Waals surface area contributed by atoms with Crippen LogP contribution in [0.3, 0.4) is 0 Å². The summed E-state index contributed by atoms with van der Waals surface area (Å²) in [6.07, 6.45) is 2.04. The quantitative estimate of drug-likeness (QED) is 0.123. The van der Waals surface area contributed by atoms with Crippen LogP contribution in [0.5, 0.6) is 17.5 Å². The fourth-order valence-corrected chi connectivity index (χ4v) is 7.62. The standard InChI is InChI=1S/C45H49BN4O5/c1-44(2)45(3,4)55-46(54-44)37-22-20-34(28-39(37)51-6)33-24-26-50(27-25-33)38-19-13-18-35-41(48-49(5)42(35)38)36-21-23-40(52-29-31-14-9-7-10-15-31)47-43(36)53-30-32-16-11-8-12-17-32/h7-23,28,33H,24-27,29-30H2,1-6H3. The minimum Gasteiger partial charge on any atom is -0.497 e. The molecule has 0 aliphatic carbocycles. The Bertz CT molecular complexity index is 2250. The molecule has 55 heavy (non-hydrogen) atoms. The zero-order chi connectivity index (χ0) is 38.2. The molecule has 0 saturated carbocycles. The summed E-state index contributed by atoms with van der Waals surface area (Å²) >= 11 is 0. The van der Waals surface area contributed by atoms with Gasteiger partial charge in [-0.05, 0) is 81.3 Å². The van der Waals surface area contributed by atoms with Crippen molar-refractivity contribution in [1.82, 2.24) is 14.8 Å². The van der Waals surface area contributed by atoms with Gasteiger partial charge in [0.15, 0.2) is 0 Å². The van der Waals surface area contributed by atoms with Crippen LogP contribution in [0.15, 0.2) is 109 Å². The molecule has 8 rings (SSSR count). The van der Waals surface area contributed by atoms with Gasteiger partial charge in [0.2, 0.25) is 11.8 Å². The number of anilines is 1. The number of ether oxygens (including phenoxy) is 3. The highest BCUT2D eigenvalue weighted by Gasteiger charge is 2.52. The van der Waals surface area contributed by atoms with Crippen LogP contribution in [0.1, 0.15) is 63.1 Å². The van der Waals surface area contributed by atoms with Crippen LogP contribution < -0.4 is 24.6 Å². The maximum absolute atomic E-state index is 6.43. The number of aryl methyl sites for hydroxylation is 1. The molecule has 0 radical (unpaired) electrons. The summed E-state index contributed by atoms with van der Waals surface area (Å²) < 4.78 is 33.1. The Labute approximate surface area is 324 Å². The lowest BCUT2D eigenvalue weighted by Crippen LogP contribution is -2.41. The van der Waals surface area contributed by atoms with Crippen molar-refractivity contribution in [2.75, 3.05) is 25.1 Å². The van der Waals surface area contributed by atoms with Gasteiger partial charge in [-0.1, -0.05) is 84.9 Å². The van der Waals surface area contributed by atoms with E-state index in [1.165, 1.54) is 11.3 Å². The molecule has 282 valence electrons. The van der Waals surface area contributed by atoms with Crippen LogP contribution in [-0.4, -0.2) is 53.3 Å². The number of pyridine rings is 1. The Kier molecular flexibility index (Phi) is 10.0. The second-order valence-corrected chi connectivity index (χ2v) is 15.5. The van der Waals surface area contributed by atoms with Gasteiger partial charge in [-0.2, -0.15) is 10.1 Å². The molecule has 0 spiro atoms. The molecule has 2 aliphatic heterocycles. The average molecular weight is 737 g/mol. The fourth-order valence-electron chi connectivity index (χ4n) is 7.62. The van der Waals surface area contributed by atoms with Crippen molar-refractivity contribution in [3.05, 3.63) is 126 Å². The summed E-state index contributed by atoms with van der Waals surface area (Å²) in [4.78, 5) is 7.36. The molecule has 9 nitrogen and oxygen atoms in total. The predicted molar refractivity (Wildman–Crippen MR) is 218 cm³/mol. The molecule has 2 saturated heterocycles. The highest BCUT2D eigenvalue weighted by Crippen LogP contribution is 2.41. The van der Waals surface area contributed by atoms with Gasteiger partial charge in [0.25, 0.3) is 0 Å². The van der Waals surface area contributed by atoms with E-state index in [4.69, 9.17) is 33.6 Å². The maximum Gasteiger partial charge on any atom is 0.498 e. The predicted octanol–water partition coefficient (Wildman–Crippen LogP) is 8.49. The second-order valence-electron chi connectivity index (χ2n) is 15.5. The first-order valence-electron chi connectivity index (χ1n) is 19.2. The molecule has 0 amide bonds. The van der Waals surface area contributed by atoms with Crippen LogP contribution in [0, 0.1) is 0 Å². The summed E-state index contributed by atoms with van der Waals surface area (Å²) in [5.74, 6) is 2.21. The largest absolute Gasteiger partial charge is 0.498 e. The van der Waals surface area contributed by atoms with Gasteiger partial charge in [0.05, 0.1) is 35.1 Å². The third-order valence-corrected chi connectivity index (χ3v) is 11.5. The number of hydrogen-bond donors (Lipinski definition) is 0. The first-order valence-corrected chi connectivity index (χ1v) is 19.2. The molecular weight excluding hydrogens is 687 g/mol. The van der Waals surface area contributed by atoms with E-state index >= 15 is 0 Å². The fraction of sp³-hybridized carbons (Fsp3) is 0.333. The van der Waals surface area contributed by atoms with E-state index in [0.29, 0.717) is 30.9 Å². The van der Waals surface area contributed by atoms with E-state index in [-0.39, 0.29) is 0 Å². The number of methoxy groups -OCH3 is 1. The van der Waals surface area contributed by atoms with Crippen molar-refractivity contribution in [2.24, 2.45) is 7.05 Å². The first-order chi connectivity index (χ1) is 26.6. The van der Waals surface area contributed by atoms with Crippen molar-refractivity contribution >= 4 is 29.2 Å². The topological polar surface area (TPSA) is 80.1 Å². The number of para-hydroxylation sites is 1. The van der Waals surface area contributed by atoms with Gasteiger partial charge in [-0.25, -0.2) is 0 Å². The zero-order valence-electron chi connectivity index (χ0n) is 32.6. The lowest BCUT2D eigenvalue weighted by atomic mass is 9.76. The summed E-state index contributed by atoms with van der Waals surface area (Å²) in [5, 5.41) is 6.14. The smallest absolute Gasteiger partial charge is 0.497 e. The van der Waals surface area contributed by atoms with Crippen molar-refractivity contribution in [2.45, 2.75) is 70.9 Å². The summed E-state index contributed by atoms with van der Waals surface area (Å²) in [5.41, 5.74) is 7.42. The molecule has 0 N–H and O–H groups in total. The maximum atomic E-state index is 6.43. The van der Waals surface area contributed by atoms with Crippen LogP contribution in [-0.2, 0) is 29.6 Å². The Morgan fingerprint density at radius 2 is 1.42 bits per heavy atom. The molecule has 10 heteroatoms. The third kappa shape index (κ3) is 7.41. The van der Waals surface area contributed by atoms with Gasteiger partial charge in [-0.3, -0.25) is 4.68 Å². The van der Waals surface area contributed by atoms with E-state index in [0.717, 1.165) is 70.4 Å². The highest BCUT2D eigenvalue weighted by molar-refractivity contribution is 6.63. The van der Waals surface area contributed by atoms with E-state index in [2.05, 4.69) is 69.0 Å². The number of fused-ring (bicyclic) bond motifs is 1. The Morgan fingerprint density at radius 3 is 2.07 bits per heavy atom. The normalized spacial score (nSPS) is 16.8. The number of rotatable bonds is 11. The molecule has 2 aliphatic rings. The molecule has 6 aromatic rings. The Balaban J connectivity index is 1.03. The van der Waals surface area contributed by atoms with Crippen molar-refractivity contribution < 1.29 is 23.5 Å². The van der Waals surface area contributed by atoms with Gasteiger partial charge in [0.1, 0.15) is 24.7 Å². The van der Waals surface area contributed by atoms with E-state index in [9.17, 15) is 0 Å². The summed E-state index contributed by atoms with van der Waals surface area (Å²) in [7, 11) is 3.28. The minimum atomic E-state index is -0.465. The first kappa shape index (κ1) is 36.7. The van der Waals surface area contributed by atoms with E-state index < -0.39 is 18.3 Å². The molecule has 2 aromatic heterocycles. The molecule has 0 unspecified atom stereocenters. The van der Waals surface area contributed by atoms with Crippen LogP contribution in [0.4, 0.5) is 5.69 Å². The van der Waals surface area contributed by atoms with Crippen LogP contribution >= 0.6 is 0 Å². The number of benzene rings is 4. The number of nitrogens with zero attached hydrogens (tertiary/aromatic N) is 4. The number of aromatic nitrogens is 3. The van der Waals surface area contributed by atoms with E-state index in [1.54, 1.807) is 7.11 Å². The van der Waals surface area contributed by atoms with Crippen molar-refractivity contribution in [3.8, 4) is 28.8 Å². The molecule has 2 fully saturated rings. The van der Waals surface area contributed by atoms with Crippen molar-refractivity contribution in [1.29, 1.82) is 0 Å².